The third kappa shape index (κ3) is 2.75. The molecular weight excluding hydrogens is 248 g/mol. The van der Waals surface area contributed by atoms with Gasteiger partial charge in [-0.2, -0.15) is 0 Å². The molecule has 2 rings (SSSR count). The summed E-state index contributed by atoms with van der Waals surface area (Å²) in [6.45, 7) is 3.39. The third-order valence-electron chi connectivity index (χ3n) is 2.49. The first-order valence-electron chi connectivity index (χ1n) is 5.55. The highest BCUT2D eigenvalue weighted by Gasteiger charge is 2.08. The van der Waals surface area contributed by atoms with Gasteiger partial charge in [0.1, 0.15) is 5.01 Å². The van der Waals surface area contributed by atoms with Crippen LogP contribution in [0, 0.1) is 6.92 Å². The summed E-state index contributed by atoms with van der Waals surface area (Å²) >= 11 is 1.48. The van der Waals surface area contributed by atoms with E-state index < -0.39 is 0 Å². The quantitative estimate of drug-likeness (QED) is 0.893. The lowest BCUT2D eigenvalue weighted by Crippen LogP contribution is -2.05. The summed E-state index contributed by atoms with van der Waals surface area (Å²) in [4.78, 5) is 16.2. The molecule has 0 aliphatic heterocycles. The highest BCUT2D eigenvalue weighted by Crippen LogP contribution is 2.28. The zero-order chi connectivity index (χ0) is 13.1. The summed E-state index contributed by atoms with van der Waals surface area (Å²) in [5, 5.41) is 12.7. The SMILES string of the molecule is CC(=O)Nc1ccc(-c2nc(C)c(CO)s2)cc1. The van der Waals surface area contributed by atoms with Gasteiger partial charge in [-0.25, -0.2) is 4.98 Å². The molecule has 4 nitrogen and oxygen atoms in total. The smallest absolute Gasteiger partial charge is 0.221 e. The van der Waals surface area contributed by atoms with Crippen molar-refractivity contribution in [1.82, 2.24) is 4.98 Å². The molecule has 1 amide bonds. The number of aryl methyl sites for hydroxylation is 1. The highest BCUT2D eigenvalue weighted by molar-refractivity contribution is 7.15. The summed E-state index contributed by atoms with van der Waals surface area (Å²) in [6.07, 6.45) is 0. The van der Waals surface area contributed by atoms with E-state index >= 15 is 0 Å². The topological polar surface area (TPSA) is 62.2 Å². The van der Waals surface area contributed by atoms with Gasteiger partial charge in [0.05, 0.1) is 17.2 Å². The van der Waals surface area contributed by atoms with Crippen LogP contribution in [0.1, 0.15) is 17.5 Å². The van der Waals surface area contributed by atoms with Gasteiger partial charge in [0.2, 0.25) is 5.91 Å². The maximum Gasteiger partial charge on any atom is 0.221 e. The van der Waals surface area contributed by atoms with Crippen molar-refractivity contribution in [2.24, 2.45) is 0 Å². The van der Waals surface area contributed by atoms with Gasteiger partial charge in [-0.15, -0.1) is 11.3 Å². The van der Waals surface area contributed by atoms with Crippen molar-refractivity contribution < 1.29 is 9.90 Å². The number of carbonyl (C=O) groups excluding carboxylic acids is 1. The highest BCUT2D eigenvalue weighted by atomic mass is 32.1. The average Bonchev–Trinajstić information content (AvgIpc) is 2.71. The second-order valence-corrected chi connectivity index (χ2v) is 5.03. The Morgan fingerprint density at radius 2 is 2.06 bits per heavy atom. The molecule has 0 atom stereocenters. The molecule has 94 valence electrons. The van der Waals surface area contributed by atoms with Gasteiger partial charge >= 0.3 is 0 Å². The van der Waals surface area contributed by atoms with E-state index in [0.717, 1.165) is 26.8 Å². The number of aliphatic hydroxyl groups is 1. The Balaban J connectivity index is 2.25. The Kier molecular flexibility index (Phi) is 3.74. The second kappa shape index (κ2) is 5.29. The van der Waals surface area contributed by atoms with E-state index in [2.05, 4.69) is 10.3 Å². The van der Waals surface area contributed by atoms with E-state index in [1.54, 1.807) is 0 Å². The molecule has 0 aliphatic carbocycles. The molecule has 2 N–H and O–H groups in total. The monoisotopic (exact) mass is 262 g/mol. The fourth-order valence-electron chi connectivity index (χ4n) is 1.60. The Morgan fingerprint density at radius 1 is 1.39 bits per heavy atom. The summed E-state index contributed by atoms with van der Waals surface area (Å²) < 4.78 is 0. The van der Waals surface area contributed by atoms with E-state index in [1.165, 1.54) is 18.3 Å². The van der Waals surface area contributed by atoms with Crippen molar-refractivity contribution in [1.29, 1.82) is 0 Å². The molecule has 18 heavy (non-hydrogen) atoms. The number of hydrogen-bond acceptors (Lipinski definition) is 4. The van der Waals surface area contributed by atoms with Gasteiger partial charge in [0.15, 0.2) is 0 Å². The molecule has 5 heteroatoms. The molecule has 0 bridgehead atoms. The number of aromatic nitrogens is 1. The fraction of sp³-hybridized carbons (Fsp3) is 0.231. The molecule has 0 aliphatic rings. The van der Waals surface area contributed by atoms with Crippen molar-refractivity contribution in [2.45, 2.75) is 20.5 Å². The second-order valence-electron chi connectivity index (χ2n) is 3.94. The zero-order valence-electron chi connectivity index (χ0n) is 10.2. The molecule has 1 aromatic heterocycles. The van der Waals surface area contributed by atoms with E-state index in [1.807, 2.05) is 31.2 Å². The molecule has 0 spiro atoms. The number of benzene rings is 1. The first-order chi connectivity index (χ1) is 8.60. The van der Waals surface area contributed by atoms with Crippen LogP contribution in [0.2, 0.25) is 0 Å². The van der Waals surface area contributed by atoms with Crippen molar-refractivity contribution in [2.75, 3.05) is 5.32 Å². The van der Waals surface area contributed by atoms with Crippen LogP contribution in [-0.2, 0) is 11.4 Å². The van der Waals surface area contributed by atoms with E-state index in [9.17, 15) is 4.79 Å². The average molecular weight is 262 g/mol. The van der Waals surface area contributed by atoms with Crippen LogP contribution in [0.3, 0.4) is 0 Å². The van der Waals surface area contributed by atoms with Crippen LogP contribution in [0.4, 0.5) is 5.69 Å². The number of nitrogens with zero attached hydrogens (tertiary/aromatic N) is 1. The minimum Gasteiger partial charge on any atom is -0.391 e. The molecular formula is C13H14N2O2S. The summed E-state index contributed by atoms with van der Waals surface area (Å²) in [6, 6.07) is 7.49. The van der Waals surface area contributed by atoms with Crippen molar-refractivity contribution >= 4 is 22.9 Å². The number of amides is 1. The van der Waals surface area contributed by atoms with Crippen molar-refractivity contribution in [3.8, 4) is 10.6 Å². The standard InChI is InChI=1S/C13H14N2O2S/c1-8-12(7-16)18-13(14-8)10-3-5-11(6-4-10)15-9(2)17/h3-6,16H,7H2,1-2H3,(H,15,17). The Labute approximate surface area is 109 Å². The number of anilines is 1. The lowest BCUT2D eigenvalue weighted by molar-refractivity contribution is -0.114. The van der Waals surface area contributed by atoms with Gasteiger partial charge in [-0.1, -0.05) is 0 Å². The molecule has 0 saturated carbocycles. The molecule has 1 heterocycles. The van der Waals surface area contributed by atoms with Gasteiger partial charge < -0.3 is 10.4 Å². The summed E-state index contributed by atoms with van der Waals surface area (Å²) in [5.41, 5.74) is 2.61. The third-order valence-corrected chi connectivity index (χ3v) is 3.68. The number of thiazole rings is 1. The number of nitrogens with one attached hydrogen (secondary N) is 1. The predicted octanol–water partition coefficient (Wildman–Crippen LogP) is 2.57. The van der Waals surface area contributed by atoms with Crippen molar-refractivity contribution in [3.63, 3.8) is 0 Å². The molecule has 2 aromatic rings. The largest absolute Gasteiger partial charge is 0.391 e. The molecule has 1 aromatic carbocycles. The first kappa shape index (κ1) is 12.7. The number of carbonyl (C=O) groups is 1. The Morgan fingerprint density at radius 3 is 2.56 bits per heavy atom. The van der Waals surface area contributed by atoms with Crippen LogP contribution in [0.5, 0.6) is 0 Å². The van der Waals surface area contributed by atoms with E-state index in [0.29, 0.717) is 0 Å². The Bertz CT molecular complexity index is 561. The molecule has 0 saturated heterocycles. The van der Waals surface area contributed by atoms with E-state index in [-0.39, 0.29) is 12.5 Å². The summed E-state index contributed by atoms with van der Waals surface area (Å²) in [5.74, 6) is -0.0876. The lowest BCUT2D eigenvalue weighted by atomic mass is 10.2. The van der Waals surface area contributed by atoms with Crippen LogP contribution in [0.15, 0.2) is 24.3 Å². The van der Waals surface area contributed by atoms with Crippen LogP contribution in [-0.4, -0.2) is 16.0 Å². The zero-order valence-corrected chi connectivity index (χ0v) is 11.0. The van der Waals surface area contributed by atoms with Gasteiger partial charge in [-0.3, -0.25) is 4.79 Å². The van der Waals surface area contributed by atoms with Gasteiger partial charge in [0.25, 0.3) is 0 Å². The number of rotatable bonds is 3. The Hall–Kier alpha value is -1.72. The van der Waals surface area contributed by atoms with E-state index in [4.69, 9.17) is 5.11 Å². The lowest BCUT2D eigenvalue weighted by Gasteiger charge is -2.02. The molecule has 0 radical (unpaired) electrons. The number of aliphatic hydroxyl groups excluding tert-OH is 1. The van der Waals surface area contributed by atoms with Gasteiger partial charge in [0, 0.05) is 18.2 Å². The predicted molar refractivity (Wildman–Crippen MR) is 72.5 cm³/mol. The maximum absolute atomic E-state index is 10.9. The van der Waals surface area contributed by atoms with Crippen LogP contribution in [0.25, 0.3) is 10.6 Å². The van der Waals surface area contributed by atoms with Crippen molar-refractivity contribution in [3.05, 3.63) is 34.8 Å². The van der Waals surface area contributed by atoms with Crippen LogP contribution >= 0.6 is 11.3 Å². The number of hydrogen-bond donors (Lipinski definition) is 2. The minimum atomic E-state index is -0.0876. The summed E-state index contributed by atoms with van der Waals surface area (Å²) in [7, 11) is 0. The maximum atomic E-state index is 10.9. The van der Waals surface area contributed by atoms with Gasteiger partial charge in [-0.05, 0) is 31.2 Å². The normalized spacial score (nSPS) is 10.4. The first-order valence-corrected chi connectivity index (χ1v) is 6.37. The molecule has 0 unspecified atom stereocenters. The minimum absolute atomic E-state index is 0.0213. The van der Waals surface area contributed by atoms with Crippen LogP contribution < -0.4 is 5.32 Å². The fourth-order valence-corrected chi connectivity index (χ4v) is 2.53. The molecule has 0 fully saturated rings.